The Morgan fingerprint density at radius 3 is 2.10 bits per heavy atom. The highest BCUT2D eigenvalue weighted by molar-refractivity contribution is 7.92. The zero-order chi connectivity index (χ0) is 28.4. The fourth-order valence-electron chi connectivity index (χ4n) is 3.61. The van der Waals surface area contributed by atoms with Gasteiger partial charge in [-0.3, -0.25) is 13.9 Å². The van der Waals surface area contributed by atoms with Crippen LogP contribution in [-0.4, -0.2) is 39.6 Å². The van der Waals surface area contributed by atoms with Gasteiger partial charge in [-0.15, -0.1) is 0 Å². The maximum atomic E-state index is 13.3. The number of hydrazone groups is 1. The minimum absolute atomic E-state index is 0.0742. The summed E-state index contributed by atoms with van der Waals surface area (Å²) >= 11 is 0. The van der Waals surface area contributed by atoms with Crippen LogP contribution in [0.4, 0.5) is 11.4 Å². The van der Waals surface area contributed by atoms with Crippen LogP contribution in [0.1, 0.15) is 11.1 Å². The fraction of sp³-hybridized carbons (Fsp3) is 0.100. The van der Waals surface area contributed by atoms with Gasteiger partial charge in [0.1, 0.15) is 12.3 Å². The average molecular weight is 557 g/mol. The topological polar surface area (TPSA) is 117 Å². The molecule has 0 unspecified atom stereocenters. The number of carbonyl (C=O) groups excluding carboxylic acids is 2. The molecule has 0 saturated carbocycles. The second-order valence-corrected chi connectivity index (χ2v) is 10.6. The molecule has 2 amide bonds. The lowest BCUT2D eigenvalue weighted by Gasteiger charge is -2.23. The Kier molecular flexibility index (Phi) is 9.27. The molecule has 0 aliphatic rings. The Hall–Kier alpha value is -4.96. The number of anilines is 2. The number of ether oxygens (including phenoxy) is 1. The largest absolute Gasteiger partial charge is 0.484 e. The lowest BCUT2D eigenvalue weighted by Crippen LogP contribution is -2.39. The number of amides is 2. The van der Waals surface area contributed by atoms with E-state index in [0.29, 0.717) is 22.7 Å². The summed E-state index contributed by atoms with van der Waals surface area (Å²) in [6.07, 6.45) is 1.42. The van der Waals surface area contributed by atoms with Gasteiger partial charge in [0.15, 0.2) is 6.61 Å². The summed E-state index contributed by atoms with van der Waals surface area (Å²) in [6.45, 7) is 1.35. The number of hydrogen-bond donors (Lipinski definition) is 2. The predicted octanol–water partition coefficient (Wildman–Crippen LogP) is 4.36. The van der Waals surface area contributed by atoms with Crippen molar-refractivity contribution in [1.82, 2.24) is 5.43 Å². The van der Waals surface area contributed by atoms with Crippen LogP contribution in [0.3, 0.4) is 0 Å². The molecule has 0 fully saturated rings. The van der Waals surface area contributed by atoms with Crippen molar-refractivity contribution in [2.75, 3.05) is 22.8 Å². The lowest BCUT2D eigenvalue weighted by molar-refractivity contribution is -0.119. The first-order valence-electron chi connectivity index (χ1n) is 12.4. The quantitative estimate of drug-likeness (QED) is 0.210. The molecule has 10 heteroatoms. The molecule has 0 aliphatic heterocycles. The first kappa shape index (κ1) is 28.1. The number of benzene rings is 4. The number of aryl methyl sites for hydroxylation is 1. The second kappa shape index (κ2) is 13.2. The molecule has 4 rings (SSSR count). The molecule has 2 N–H and O–H groups in total. The average Bonchev–Trinajstić information content (AvgIpc) is 2.97. The molecule has 9 nitrogen and oxygen atoms in total. The van der Waals surface area contributed by atoms with Gasteiger partial charge in [0.25, 0.3) is 21.8 Å². The summed E-state index contributed by atoms with van der Waals surface area (Å²) in [6, 6.07) is 30.5. The molecule has 0 saturated heterocycles. The van der Waals surface area contributed by atoms with Crippen molar-refractivity contribution in [3.63, 3.8) is 0 Å². The highest BCUT2D eigenvalue weighted by Gasteiger charge is 2.26. The van der Waals surface area contributed by atoms with Crippen LogP contribution in [0.5, 0.6) is 5.75 Å². The van der Waals surface area contributed by atoms with Crippen molar-refractivity contribution in [3.8, 4) is 5.75 Å². The number of nitrogens with one attached hydrogen (secondary N) is 2. The van der Waals surface area contributed by atoms with Gasteiger partial charge in [0.05, 0.1) is 16.8 Å². The molecular formula is C30H28N4O5S. The van der Waals surface area contributed by atoms with Gasteiger partial charge in [-0.25, -0.2) is 13.8 Å². The van der Waals surface area contributed by atoms with E-state index in [1.54, 1.807) is 72.8 Å². The van der Waals surface area contributed by atoms with Crippen molar-refractivity contribution in [2.45, 2.75) is 11.8 Å². The Morgan fingerprint density at radius 1 is 0.825 bits per heavy atom. The molecule has 4 aromatic rings. The van der Waals surface area contributed by atoms with E-state index >= 15 is 0 Å². The van der Waals surface area contributed by atoms with E-state index in [9.17, 15) is 18.0 Å². The van der Waals surface area contributed by atoms with Gasteiger partial charge in [0.2, 0.25) is 0 Å². The Labute approximate surface area is 233 Å². The van der Waals surface area contributed by atoms with Crippen LogP contribution in [0.2, 0.25) is 0 Å². The third-order valence-electron chi connectivity index (χ3n) is 5.65. The van der Waals surface area contributed by atoms with Crippen molar-refractivity contribution >= 4 is 39.4 Å². The summed E-state index contributed by atoms with van der Waals surface area (Å²) in [4.78, 5) is 24.8. The van der Waals surface area contributed by atoms with E-state index in [1.165, 1.54) is 18.3 Å². The third kappa shape index (κ3) is 7.78. The minimum Gasteiger partial charge on any atom is -0.484 e. The number of rotatable bonds is 11. The molecule has 0 atom stereocenters. The van der Waals surface area contributed by atoms with Crippen LogP contribution >= 0.6 is 0 Å². The van der Waals surface area contributed by atoms with Crippen molar-refractivity contribution in [2.24, 2.45) is 5.10 Å². The van der Waals surface area contributed by atoms with E-state index in [0.717, 1.165) is 9.87 Å². The molecule has 0 spiro atoms. The third-order valence-corrected chi connectivity index (χ3v) is 7.44. The lowest BCUT2D eigenvalue weighted by atomic mass is 10.2. The highest BCUT2D eigenvalue weighted by atomic mass is 32.2. The first-order chi connectivity index (χ1) is 19.3. The number of para-hydroxylation sites is 1. The molecule has 0 aromatic heterocycles. The first-order valence-corrected chi connectivity index (χ1v) is 13.8. The van der Waals surface area contributed by atoms with E-state index in [4.69, 9.17) is 4.74 Å². The molecule has 4 aromatic carbocycles. The SMILES string of the molecule is Cc1ccc(NC(=O)COc2ccc(/C=N\NC(=O)CN(c3ccccc3)S(=O)(=O)c3ccccc3)cc2)cc1. The van der Waals surface area contributed by atoms with Crippen molar-refractivity contribution in [3.05, 3.63) is 120 Å². The summed E-state index contributed by atoms with van der Waals surface area (Å²) < 4.78 is 33.1. The van der Waals surface area contributed by atoms with Crippen LogP contribution in [0.15, 0.2) is 119 Å². The second-order valence-electron chi connectivity index (χ2n) is 8.73. The molecule has 204 valence electrons. The number of sulfonamides is 1. The van der Waals surface area contributed by atoms with Gasteiger partial charge in [-0.1, -0.05) is 54.1 Å². The zero-order valence-electron chi connectivity index (χ0n) is 21.7. The molecule has 0 heterocycles. The van der Waals surface area contributed by atoms with E-state index in [1.807, 2.05) is 31.2 Å². The Morgan fingerprint density at radius 2 is 1.45 bits per heavy atom. The van der Waals surface area contributed by atoms with Crippen LogP contribution in [-0.2, 0) is 19.6 Å². The van der Waals surface area contributed by atoms with Crippen LogP contribution < -0.4 is 19.8 Å². The number of carbonyl (C=O) groups is 2. The van der Waals surface area contributed by atoms with Crippen LogP contribution in [0.25, 0.3) is 0 Å². The molecule has 0 aliphatic carbocycles. The Balaban J connectivity index is 1.31. The standard InChI is InChI=1S/C30H28N4O5S/c1-23-12-16-25(17-13-23)32-30(36)22-39-27-18-14-24(15-19-27)20-31-33-29(35)21-34(26-8-4-2-5-9-26)40(37,38)28-10-6-3-7-11-28/h2-20H,21-22H2,1H3,(H,32,36)(H,33,35)/b31-20-. The van der Waals surface area contributed by atoms with Gasteiger partial charge >= 0.3 is 0 Å². The fourth-order valence-corrected chi connectivity index (χ4v) is 5.05. The maximum Gasteiger partial charge on any atom is 0.264 e. The zero-order valence-corrected chi connectivity index (χ0v) is 22.5. The van der Waals surface area contributed by atoms with Gasteiger partial charge in [-0.05, 0) is 73.2 Å². The smallest absolute Gasteiger partial charge is 0.264 e. The van der Waals surface area contributed by atoms with Gasteiger partial charge in [-0.2, -0.15) is 5.10 Å². The summed E-state index contributed by atoms with van der Waals surface area (Å²) in [5, 5.41) is 6.71. The Bertz CT molecular complexity index is 1560. The molecule has 0 radical (unpaired) electrons. The maximum absolute atomic E-state index is 13.3. The molecule has 0 bridgehead atoms. The van der Waals surface area contributed by atoms with E-state index < -0.39 is 22.5 Å². The monoisotopic (exact) mass is 556 g/mol. The predicted molar refractivity (Wildman–Crippen MR) is 155 cm³/mol. The van der Waals surface area contributed by atoms with E-state index in [2.05, 4.69) is 15.8 Å². The number of nitrogens with zero attached hydrogens (tertiary/aromatic N) is 2. The van der Waals surface area contributed by atoms with Gasteiger partial charge < -0.3 is 10.1 Å². The van der Waals surface area contributed by atoms with Gasteiger partial charge in [0, 0.05) is 5.69 Å². The molecule has 40 heavy (non-hydrogen) atoms. The summed E-state index contributed by atoms with van der Waals surface area (Å²) in [5.41, 5.74) is 5.18. The van der Waals surface area contributed by atoms with Crippen LogP contribution in [0, 0.1) is 6.92 Å². The minimum atomic E-state index is -3.98. The van der Waals surface area contributed by atoms with Crippen molar-refractivity contribution < 1.29 is 22.7 Å². The molecular weight excluding hydrogens is 528 g/mol. The number of hydrogen-bond acceptors (Lipinski definition) is 6. The normalized spacial score (nSPS) is 11.1. The van der Waals surface area contributed by atoms with E-state index in [-0.39, 0.29) is 17.4 Å². The summed E-state index contributed by atoms with van der Waals surface area (Å²) in [5.74, 6) is -0.403. The summed E-state index contributed by atoms with van der Waals surface area (Å²) in [7, 11) is -3.98. The highest BCUT2D eigenvalue weighted by Crippen LogP contribution is 2.23. The van der Waals surface area contributed by atoms with Crippen molar-refractivity contribution in [1.29, 1.82) is 0 Å².